The highest BCUT2D eigenvalue weighted by Gasteiger charge is 2.38. The van der Waals surface area contributed by atoms with Gasteiger partial charge >= 0.3 is 0 Å². The molecular weight excluding hydrogens is 350 g/mol. The van der Waals surface area contributed by atoms with E-state index in [0.717, 1.165) is 6.42 Å². The topological polar surface area (TPSA) is 3.24 Å². The molecule has 0 spiro atoms. The van der Waals surface area contributed by atoms with Crippen molar-refractivity contribution in [1.82, 2.24) is 0 Å². The second-order valence-electron chi connectivity index (χ2n) is 7.97. The highest BCUT2D eigenvalue weighted by atomic mass is 15.2. The van der Waals surface area contributed by atoms with Crippen molar-refractivity contribution in [1.29, 1.82) is 0 Å². The van der Waals surface area contributed by atoms with E-state index in [1.165, 1.54) is 39.3 Å². The summed E-state index contributed by atoms with van der Waals surface area (Å²) in [4.78, 5) is 2.41. The minimum absolute atomic E-state index is 0.0215. The van der Waals surface area contributed by atoms with E-state index < -0.39 is 0 Å². The highest BCUT2D eigenvalue weighted by Crippen LogP contribution is 2.53. The fraction of sp³-hybridized carbons (Fsp3) is 0.143. The molecule has 142 valence electrons. The van der Waals surface area contributed by atoms with E-state index in [9.17, 15) is 0 Å². The molecule has 4 aromatic rings. The van der Waals surface area contributed by atoms with Gasteiger partial charge in [0, 0.05) is 11.1 Å². The number of para-hydroxylation sites is 2. The van der Waals surface area contributed by atoms with E-state index in [-0.39, 0.29) is 5.41 Å². The summed E-state index contributed by atoms with van der Waals surface area (Å²) in [7, 11) is 0. The summed E-state index contributed by atoms with van der Waals surface area (Å²) in [5, 5.41) is 0. The molecule has 1 aliphatic heterocycles. The van der Waals surface area contributed by atoms with Crippen molar-refractivity contribution in [2.75, 3.05) is 4.90 Å². The van der Waals surface area contributed by atoms with Crippen LogP contribution in [0.5, 0.6) is 0 Å². The van der Waals surface area contributed by atoms with E-state index in [0.29, 0.717) is 0 Å². The minimum Gasteiger partial charge on any atom is -0.310 e. The van der Waals surface area contributed by atoms with Crippen LogP contribution in [0.3, 0.4) is 0 Å². The summed E-state index contributed by atoms with van der Waals surface area (Å²) in [6, 6.07) is 37.2. The van der Waals surface area contributed by atoms with Crippen LogP contribution in [0.15, 0.2) is 103 Å². The normalized spacial score (nSPS) is 14.2. The van der Waals surface area contributed by atoms with Crippen molar-refractivity contribution in [3.05, 3.63) is 114 Å². The van der Waals surface area contributed by atoms with Crippen LogP contribution in [0, 0.1) is 0 Å². The maximum absolute atomic E-state index is 2.41. The van der Waals surface area contributed by atoms with Crippen LogP contribution in [0.2, 0.25) is 0 Å². The SMILES string of the molecule is CCC1(C)c2ccccc2N(c2ccc(-c3ccccc3)cc2)c2ccccc21. The average molecular weight is 376 g/mol. The van der Waals surface area contributed by atoms with Crippen LogP contribution in [0.25, 0.3) is 11.1 Å². The number of hydrogen-bond donors (Lipinski definition) is 0. The molecule has 0 aliphatic carbocycles. The number of nitrogens with zero attached hydrogens (tertiary/aromatic N) is 1. The Bertz CT molecular complexity index is 1090. The fourth-order valence-electron chi connectivity index (χ4n) is 4.64. The van der Waals surface area contributed by atoms with Crippen LogP contribution < -0.4 is 4.90 Å². The molecule has 0 amide bonds. The van der Waals surface area contributed by atoms with Gasteiger partial charge in [-0.25, -0.2) is 0 Å². The predicted octanol–water partition coefficient (Wildman–Crippen LogP) is 7.85. The Morgan fingerprint density at radius 3 is 1.62 bits per heavy atom. The molecule has 0 radical (unpaired) electrons. The van der Waals surface area contributed by atoms with Gasteiger partial charge in [0.05, 0.1) is 11.4 Å². The van der Waals surface area contributed by atoms with Crippen molar-refractivity contribution >= 4 is 17.1 Å². The third kappa shape index (κ3) is 2.77. The van der Waals surface area contributed by atoms with Crippen LogP contribution >= 0.6 is 0 Å². The molecule has 0 aromatic heterocycles. The quantitative estimate of drug-likeness (QED) is 0.352. The third-order valence-corrected chi connectivity index (χ3v) is 6.42. The van der Waals surface area contributed by atoms with Gasteiger partial charge in [0.25, 0.3) is 0 Å². The summed E-state index contributed by atoms with van der Waals surface area (Å²) in [6.07, 6.45) is 1.07. The van der Waals surface area contributed by atoms with Crippen LogP contribution in [-0.2, 0) is 5.41 Å². The molecule has 0 fully saturated rings. The van der Waals surface area contributed by atoms with Crippen molar-refractivity contribution < 1.29 is 0 Å². The average Bonchev–Trinajstić information content (AvgIpc) is 2.80. The molecule has 1 heterocycles. The molecule has 0 saturated heterocycles. The lowest BCUT2D eigenvalue weighted by atomic mass is 9.70. The lowest BCUT2D eigenvalue weighted by Gasteiger charge is -2.43. The number of rotatable bonds is 3. The van der Waals surface area contributed by atoms with Gasteiger partial charge in [-0.05, 0) is 52.9 Å². The molecule has 0 atom stereocenters. The van der Waals surface area contributed by atoms with Gasteiger partial charge in [0.2, 0.25) is 0 Å². The van der Waals surface area contributed by atoms with Crippen LogP contribution in [-0.4, -0.2) is 0 Å². The Hall–Kier alpha value is -3.32. The van der Waals surface area contributed by atoms with Gasteiger partial charge < -0.3 is 4.90 Å². The Morgan fingerprint density at radius 2 is 1.07 bits per heavy atom. The summed E-state index contributed by atoms with van der Waals surface area (Å²) < 4.78 is 0. The van der Waals surface area contributed by atoms with Gasteiger partial charge in [-0.2, -0.15) is 0 Å². The van der Waals surface area contributed by atoms with Crippen molar-refractivity contribution in [3.63, 3.8) is 0 Å². The summed E-state index contributed by atoms with van der Waals surface area (Å²) >= 11 is 0. The van der Waals surface area contributed by atoms with Gasteiger partial charge in [-0.1, -0.05) is 92.7 Å². The Balaban J connectivity index is 1.67. The first-order chi connectivity index (χ1) is 14.2. The zero-order valence-electron chi connectivity index (χ0n) is 17.0. The molecule has 1 heteroatoms. The van der Waals surface area contributed by atoms with Crippen molar-refractivity contribution in [3.8, 4) is 11.1 Å². The highest BCUT2D eigenvalue weighted by molar-refractivity contribution is 5.86. The lowest BCUT2D eigenvalue weighted by Crippen LogP contribution is -2.32. The second-order valence-corrected chi connectivity index (χ2v) is 7.97. The monoisotopic (exact) mass is 375 g/mol. The first-order valence-corrected chi connectivity index (χ1v) is 10.4. The maximum atomic E-state index is 2.41. The fourth-order valence-corrected chi connectivity index (χ4v) is 4.64. The largest absolute Gasteiger partial charge is 0.310 e. The van der Waals surface area contributed by atoms with E-state index in [4.69, 9.17) is 0 Å². The van der Waals surface area contributed by atoms with E-state index >= 15 is 0 Å². The molecule has 0 N–H and O–H groups in total. The minimum atomic E-state index is 0.0215. The first-order valence-electron chi connectivity index (χ1n) is 10.4. The number of benzene rings is 4. The van der Waals surface area contributed by atoms with E-state index in [1.54, 1.807) is 0 Å². The first kappa shape index (κ1) is 17.8. The standard InChI is InChI=1S/C28H25N/c1-3-28(2)24-13-7-9-15-26(24)29(27-16-10-8-14-25(27)28)23-19-17-22(18-20-23)21-11-5-4-6-12-21/h4-20H,3H2,1-2H3. The van der Waals surface area contributed by atoms with Crippen molar-refractivity contribution in [2.45, 2.75) is 25.7 Å². The summed E-state index contributed by atoms with van der Waals surface area (Å²) in [5.41, 5.74) is 9.06. The summed E-state index contributed by atoms with van der Waals surface area (Å²) in [6.45, 7) is 4.67. The maximum Gasteiger partial charge on any atom is 0.0502 e. The molecule has 5 rings (SSSR count). The van der Waals surface area contributed by atoms with Gasteiger partial charge in [-0.15, -0.1) is 0 Å². The molecule has 1 nitrogen and oxygen atoms in total. The second kappa shape index (κ2) is 6.93. The zero-order chi connectivity index (χ0) is 19.8. The lowest BCUT2D eigenvalue weighted by molar-refractivity contribution is 0.544. The molecule has 0 unspecified atom stereocenters. The van der Waals surface area contributed by atoms with Gasteiger partial charge in [0.1, 0.15) is 0 Å². The van der Waals surface area contributed by atoms with Gasteiger partial charge in [0.15, 0.2) is 0 Å². The Labute approximate surface area is 173 Å². The van der Waals surface area contributed by atoms with Crippen molar-refractivity contribution in [2.24, 2.45) is 0 Å². The van der Waals surface area contributed by atoms with Gasteiger partial charge in [-0.3, -0.25) is 0 Å². The summed E-state index contributed by atoms with van der Waals surface area (Å²) in [5.74, 6) is 0. The molecular formula is C28H25N. The predicted molar refractivity (Wildman–Crippen MR) is 123 cm³/mol. The third-order valence-electron chi connectivity index (χ3n) is 6.42. The van der Waals surface area contributed by atoms with Crippen LogP contribution in [0.4, 0.5) is 17.1 Å². The number of anilines is 3. The smallest absolute Gasteiger partial charge is 0.0502 e. The molecule has 1 aliphatic rings. The van der Waals surface area contributed by atoms with E-state index in [1.807, 2.05) is 0 Å². The molecule has 0 bridgehead atoms. The Kier molecular flexibility index (Phi) is 4.24. The van der Waals surface area contributed by atoms with Crippen LogP contribution in [0.1, 0.15) is 31.4 Å². The zero-order valence-corrected chi connectivity index (χ0v) is 17.0. The number of hydrogen-bond acceptors (Lipinski definition) is 1. The van der Waals surface area contributed by atoms with E-state index in [2.05, 4.69) is 122 Å². The molecule has 0 saturated carbocycles. The molecule has 29 heavy (non-hydrogen) atoms. The molecule has 4 aromatic carbocycles. The Morgan fingerprint density at radius 1 is 0.586 bits per heavy atom. The number of fused-ring (bicyclic) bond motifs is 2.